The molecule has 0 heterocycles. The molecule has 0 aromatic heterocycles. The quantitative estimate of drug-likeness (QED) is 0.755. The molecular formula is C11H13FN2O2. The van der Waals surface area contributed by atoms with Crippen molar-refractivity contribution in [2.75, 3.05) is 0 Å². The smallest absolute Gasteiger partial charge is 0.218 e. The molecule has 4 nitrogen and oxygen atoms in total. The Kier molecular flexibility index (Phi) is 3.99. The summed E-state index contributed by atoms with van der Waals surface area (Å²) in [6.07, 6.45) is -0.837. The maximum atomic E-state index is 13.4. The van der Waals surface area contributed by atoms with E-state index in [4.69, 9.17) is 0 Å². The fourth-order valence-electron chi connectivity index (χ4n) is 1.31. The molecule has 2 amide bonds. The van der Waals surface area contributed by atoms with Gasteiger partial charge in [0.1, 0.15) is 12.0 Å². The van der Waals surface area contributed by atoms with E-state index in [1.165, 1.54) is 32.0 Å². The van der Waals surface area contributed by atoms with Gasteiger partial charge >= 0.3 is 0 Å². The lowest BCUT2D eigenvalue weighted by Gasteiger charge is -2.19. The Morgan fingerprint density at radius 3 is 2.06 bits per heavy atom. The summed E-state index contributed by atoms with van der Waals surface area (Å²) in [7, 11) is 0. The van der Waals surface area contributed by atoms with Crippen molar-refractivity contribution in [2.24, 2.45) is 0 Å². The molecule has 0 fully saturated rings. The highest BCUT2D eigenvalue weighted by Crippen LogP contribution is 2.14. The molecule has 2 N–H and O–H groups in total. The molecule has 86 valence electrons. The molecule has 0 saturated carbocycles. The molecule has 1 aromatic carbocycles. The van der Waals surface area contributed by atoms with Crippen molar-refractivity contribution in [3.05, 3.63) is 35.6 Å². The molecule has 5 heteroatoms. The second-order valence-electron chi connectivity index (χ2n) is 3.36. The molecule has 0 aliphatic heterocycles. The first-order valence-electron chi connectivity index (χ1n) is 4.79. The van der Waals surface area contributed by atoms with Gasteiger partial charge in [-0.2, -0.15) is 0 Å². The summed E-state index contributed by atoms with van der Waals surface area (Å²) in [6, 6.07) is 5.95. The first-order valence-corrected chi connectivity index (χ1v) is 4.79. The van der Waals surface area contributed by atoms with Crippen molar-refractivity contribution in [2.45, 2.75) is 20.0 Å². The fourth-order valence-corrected chi connectivity index (χ4v) is 1.31. The summed E-state index contributed by atoms with van der Waals surface area (Å²) in [6.45, 7) is 2.60. The highest BCUT2D eigenvalue weighted by atomic mass is 19.1. The standard InChI is InChI=1S/C11H13FN2O2/c1-7(15)13-11(14-8(2)16)9-5-3-4-6-10(9)12/h3-6,11H,1-2H3,(H,13,15)(H,14,16). The predicted octanol–water partition coefficient (Wildman–Crippen LogP) is 1.10. The van der Waals surface area contributed by atoms with Gasteiger partial charge in [0.2, 0.25) is 11.8 Å². The number of carbonyl (C=O) groups excluding carboxylic acids is 2. The largest absolute Gasteiger partial charge is 0.332 e. The van der Waals surface area contributed by atoms with E-state index in [0.717, 1.165) is 0 Å². The van der Waals surface area contributed by atoms with Crippen LogP contribution in [0.3, 0.4) is 0 Å². The Hall–Kier alpha value is -1.91. The molecule has 0 bridgehead atoms. The van der Waals surface area contributed by atoms with Gasteiger partial charge in [0.25, 0.3) is 0 Å². The van der Waals surface area contributed by atoms with Crippen LogP contribution in [0.1, 0.15) is 25.6 Å². The summed E-state index contributed by atoms with van der Waals surface area (Å²) in [5, 5.41) is 4.91. The van der Waals surface area contributed by atoms with Crippen molar-refractivity contribution in [1.29, 1.82) is 0 Å². The third-order valence-corrected chi connectivity index (χ3v) is 1.91. The van der Waals surface area contributed by atoms with Gasteiger partial charge < -0.3 is 10.6 Å². The van der Waals surface area contributed by atoms with Gasteiger partial charge in [-0.3, -0.25) is 9.59 Å². The van der Waals surface area contributed by atoms with Crippen LogP contribution in [0.25, 0.3) is 0 Å². The van der Waals surface area contributed by atoms with Crippen LogP contribution >= 0.6 is 0 Å². The molecule has 0 aliphatic carbocycles. The van der Waals surface area contributed by atoms with Gasteiger partial charge in [-0.05, 0) is 6.07 Å². The van der Waals surface area contributed by atoms with Gasteiger partial charge in [-0.25, -0.2) is 4.39 Å². The number of amides is 2. The summed E-state index contributed by atoms with van der Waals surface area (Å²) in [5.74, 6) is -1.17. The van der Waals surface area contributed by atoms with Crippen LogP contribution < -0.4 is 10.6 Å². The van der Waals surface area contributed by atoms with Crippen molar-refractivity contribution in [3.63, 3.8) is 0 Å². The van der Waals surface area contributed by atoms with E-state index in [1.807, 2.05) is 0 Å². The SMILES string of the molecule is CC(=O)NC(NC(C)=O)c1ccccc1F. The molecule has 0 aliphatic rings. The highest BCUT2D eigenvalue weighted by molar-refractivity contribution is 5.76. The number of benzene rings is 1. The summed E-state index contributed by atoms with van der Waals surface area (Å²) in [5.41, 5.74) is 0.230. The number of hydrogen-bond acceptors (Lipinski definition) is 2. The third-order valence-electron chi connectivity index (χ3n) is 1.91. The number of halogens is 1. The molecule has 1 aromatic rings. The summed E-state index contributed by atoms with van der Waals surface area (Å²) in [4.78, 5) is 21.9. The van der Waals surface area contributed by atoms with Crippen LogP contribution in [0, 0.1) is 5.82 Å². The zero-order chi connectivity index (χ0) is 12.1. The number of carbonyl (C=O) groups is 2. The van der Waals surface area contributed by atoms with Gasteiger partial charge in [-0.1, -0.05) is 18.2 Å². The maximum Gasteiger partial charge on any atom is 0.218 e. The molecule has 0 unspecified atom stereocenters. The molecule has 0 saturated heterocycles. The number of hydrogen-bond donors (Lipinski definition) is 2. The first-order chi connectivity index (χ1) is 7.50. The molecular weight excluding hydrogens is 211 g/mol. The van der Waals surface area contributed by atoms with E-state index < -0.39 is 12.0 Å². The zero-order valence-electron chi connectivity index (χ0n) is 9.08. The van der Waals surface area contributed by atoms with Crippen LogP contribution in [-0.4, -0.2) is 11.8 Å². The Labute approximate surface area is 92.8 Å². The van der Waals surface area contributed by atoms with Gasteiger partial charge in [0.15, 0.2) is 0 Å². The maximum absolute atomic E-state index is 13.4. The summed E-state index contributed by atoms with van der Waals surface area (Å²) < 4.78 is 13.4. The van der Waals surface area contributed by atoms with E-state index in [2.05, 4.69) is 10.6 Å². The van der Waals surface area contributed by atoms with Crippen LogP contribution in [0.4, 0.5) is 4.39 Å². The predicted molar refractivity (Wildman–Crippen MR) is 56.8 cm³/mol. The van der Waals surface area contributed by atoms with Crippen LogP contribution in [0.5, 0.6) is 0 Å². The molecule has 16 heavy (non-hydrogen) atoms. The van der Waals surface area contributed by atoms with Gasteiger partial charge in [-0.15, -0.1) is 0 Å². The highest BCUT2D eigenvalue weighted by Gasteiger charge is 2.16. The first kappa shape index (κ1) is 12.2. The average Bonchev–Trinajstić information content (AvgIpc) is 2.15. The molecule has 0 atom stereocenters. The van der Waals surface area contributed by atoms with Crippen LogP contribution in [0.2, 0.25) is 0 Å². The number of nitrogens with one attached hydrogen (secondary N) is 2. The van der Waals surface area contributed by atoms with E-state index in [1.54, 1.807) is 6.07 Å². The van der Waals surface area contributed by atoms with Crippen molar-refractivity contribution < 1.29 is 14.0 Å². The third kappa shape index (κ3) is 3.34. The topological polar surface area (TPSA) is 58.2 Å². The molecule has 1 rings (SSSR count). The van der Waals surface area contributed by atoms with E-state index in [0.29, 0.717) is 0 Å². The van der Waals surface area contributed by atoms with Crippen LogP contribution in [0.15, 0.2) is 24.3 Å². The van der Waals surface area contributed by atoms with Crippen molar-refractivity contribution >= 4 is 11.8 Å². The van der Waals surface area contributed by atoms with E-state index >= 15 is 0 Å². The minimum Gasteiger partial charge on any atom is -0.332 e. The lowest BCUT2D eigenvalue weighted by atomic mass is 10.1. The fraction of sp³-hybridized carbons (Fsp3) is 0.273. The van der Waals surface area contributed by atoms with Gasteiger partial charge in [0.05, 0.1) is 0 Å². The van der Waals surface area contributed by atoms with E-state index in [9.17, 15) is 14.0 Å². The Bertz CT molecular complexity index is 391. The zero-order valence-corrected chi connectivity index (χ0v) is 9.08. The lowest BCUT2D eigenvalue weighted by molar-refractivity contribution is -0.122. The molecule has 0 radical (unpaired) electrons. The lowest BCUT2D eigenvalue weighted by Crippen LogP contribution is -2.39. The normalized spacial score (nSPS) is 10.0. The van der Waals surface area contributed by atoms with Crippen molar-refractivity contribution in [3.8, 4) is 0 Å². The van der Waals surface area contributed by atoms with E-state index in [-0.39, 0.29) is 17.4 Å². The van der Waals surface area contributed by atoms with Crippen molar-refractivity contribution in [1.82, 2.24) is 10.6 Å². The summed E-state index contributed by atoms with van der Waals surface area (Å²) >= 11 is 0. The average molecular weight is 224 g/mol. The van der Waals surface area contributed by atoms with Gasteiger partial charge in [0, 0.05) is 19.4 Å². The Morgan fingerprint density at radius 2 is 1.62 bits per heavy atom. The second-order valence-corrected chi connectivity index (χ2v) is 3.36. The minimum atomic E-state index is -0.837. The van der Waals surface area contributed by atoms with Crippen LogP contribution in [-0.2, 0) is 9.59 Å². The second kappa shape index (κ2) is 5.25. The number of rotatable bonds is 3. The Morgan fingerprint density at radius 1 is 1.12 bits per heavy atom. The Balaban J connectivity index is 2.96. The molecule has 0 spiro atoms. The monoisotopic (exact) mass is 224 g/mol. The minimum absolute atomic E-state index is 0.230.